The minimum atomic E-state index is -1.67. The fraction of sp³-hybridized carbons (Fsp3) is 0.929. The minimum Gasteiger partial charge on any atom is -0.478 e. The fourth-order valence-corrected chi connectivity index (χ4v) is 3.81. The van der Waals surface area contributed by atoms with Crippen LogP contribution in [0.4, 0.5) is 0 Å². The molecule has 19 heavy (non-hydrogen) atoms. The van der Waals surface area contributed by atoms with E-state index < -0.39 is 8.32 Å². The Hall–Kier alpha value is 0.417. The van der Waals surface area contributed by atoms with Crippen LogP contribution in [0.1, 0.15) is 40.0 Å². The molecular formula is C14H28O2S2Si. The van der Waals surface area contributed by atoms with Crippen LogP contribution in [0.25, 0.3) is 0 Å². The first-order valence-electron chi connectivity index (χ1n) is 7.06. The summed E-state index contributed by atoms with van der Waals surface area (Å²) in [5.41, 5.74) is 0. The van der Waals surface area contributed by atoms with E-state index in [9.17, 15) is 0 Å². The summed E-state index contributed by atoms with van der Waals surface area (Å²) in [6, 6.07) is 0. The van der Waals surface area contributed by atoms with Crippen LogP contribution in [0.15, 0.2) is 0 Å². The quantitative estimate of drug-likeness (QED) is 0.544. The zero-order valence-corrected chi connectivity index (χ0v) is 15.7. The fourth-order valence-electron chi connectivity index (χ4n) is 2.14. The third-order valence-corrected chi connectivity index (χ3v) is 10.00. The van der Waals surface area contributed by atoms with Crippen LogP contribution in [-0.2, 0) is 9.16 Å². The molecule has 0 aromatic carbocycles. The van der Waals surface area contributed by atoms with Crippen LogP contribution in [0.2, 0.25) is 18.1 Å². The van der Waals surface area contributed by atoms with Crippen molar-refractivity contribution in [3.8, 4) is 0 Å². The van der Waals surface area contributed by atoms with Crippen molar-refractivity contribution < 1.29 is 9.16 Å². The van der Waals surface area contributed by atoms with Gasteiger partial charge >= 0.3 is 0 Å². The summed E-state index contributed by atoms with van der Waals surface area (Å²) in [6.07, 6.45) is 5.95. The molecule has 5 heteroatoms. The SMILES string of the molecule is CSC(=S)OCC1CCCC1O[Si](C)(C)C(C)(C)C. The highest BCUT2D eigenvalue weighted by molar-refractivity contribution is 8.22. The van der Waals surface area contributed by atoms with E-state index in [-0.39, 0.29) is 5.04 Å². The molecule has 1 rings (SSSR count). The van der Waals surface area contributed by atoms with E-state index in [1.54, 1.807) is 0 Å². The van der Waals surface area contributed by atoms with Gasteiger partial charge in [-0.05, 0) is 49.4 Å². The van der Waals surface area contributed by atoms with Crippen molar-refractivity contribution in [2.45, 2.75) is 64.3 Å². The van der Waals surface area contributed by atoms with Crippen LogP contribution in [0, 0.1) is 5.92 Å². The van der Waals surface area contributed by atoms with Crippen molar-refractivity contribution in [1.29, 1.82) is 0 Å². The monoisotopic (exact) mass is 320 g/mol. The Morgan fingerprint density at radius 1 is 1.32 bits per heavy atom. The molecule has 2 unspecified atom stereocenters. The molecule has 0 aromatic heterocycles. The van der Waals surface area contributed by atoms with Gasteiger partial charge in [0.05, 0.1) is 12.7 Å². The predicted octanol–water partition coefficient (Wildman–Crippen LogP) is 4.84. The molecule has 0 amide bonds. The number of rotatable bonds is 4. The van der Waals surface area contributed by atoms with Gasteiger partial charge in [-0.1, -0.05) is 39.0 Å². The van der Waals surface area contributed by atoms with E-state index in [0.717, 1.165) is 6.61 Å². The van der Waals surface area contributed by atoms with Gasteiger partial charge in [0.1, 0.15) is 0 Å². The second kappa shape index (κ2) is 6.92. The first kappa shape index (κ1) is 17.5. The molecule has 2 atom stereocenters. The molecule has 0 bridgehead atoms. The number of thioether (sulfide) groups is 1. The molecule has 1 saturated carbocycles. The molecule has 0 aliphatic heterocycles. The topological polar surface area (TPSA) is 18.5 Å². The van der Waals surface area contributed by atoms with E-state index in [2.05, 4.69) is 33.9 Å². The summed E-state index contributed by atoms with van der Waals surface area (Å²) in [6.45, 7) is 12.3. The molecule has 2 nitrogen and oxygen atoms in total. The van der Waals surface area contributed by atoms with Gasteiger partial charge in [0.15, 0.2) is 8.32 Å². The number of hydrogen-bond acceptors (Lipinski definition) is 4. The van der Waals surface area contributed by atoms with Gasteiger partial charge in [0.25, 0.3) is 0 Å². The van der Waals surface area contributed by atoms with Crippen LogP contribution >= 0.6 is 24.0 Å². The Balaban J connectivity index is 2.55. The van der Waals surface area contributed by atoms with Gasteiger partial charge in [-0.25, -0.2) is 0 Å². The standard InChI is InChI=1S/C14H28O2S2Si/c1-14(2,3)19(5,6)16-12-9-7-8-11(12)10-15-13(17)18-4/h11-12H,7-10H2,1-6H3. The summed E-state index contributed by atoms with van der Waals surface area (Å²) >= 11 is 6.61. The molecule has 0 aromatic rings. The van der Waals surface area contributed by atoms with Gasteiger partial charge < -0.3 is 9.16 Å². The summed E-state index contributed by atoms with van der Waals surface area (Å²) in [5.74, 6) is 0.513. The minimum absolute atomic E-state index is 0.273. The summed E-state index contributed by atoms with van der Waals surface area (Å²) in [7, 11) is -1.67. The Kier molecular flexibility index (Phi) is 6.36. The third kappa shape index (κ3) is 5.03. The average Bonchev–Trinajstić information content (AvgIpc) is 2.71. The van der Waals surface area contributed by atoms with Crippen molar-refractivity contribution in [1.82, 2.24) is 0 Å². The maximum atomic E-state index is 6.55. The van der Waals surface area contributed by atoms with Gasteiger partial charge in [0, 0.05) is 5.92 Å². The van der Waals surface area contributed by atoms with Gasteiger partial charge in [0.2, 0.25) is 4.38 Å². The molecule has 0 radical (unpaired) electrons. The summed E-state index contributed by atoms with van der Waals surface area (Å²) < 4.78 is 12.8. The molecule has 1 aliphatic rings. The Bertz CT molecular complexity index is 313. The second-order valence-corrected chi connectivity index (χ2v) is 13.0. The third-order valence-electron chi connectivity index (χ3n) is 4.42. The summed E-state index contributed by atoms with van der Waals surface area (Å²) in [5, 5.41) is 0.273. The molecule has 0 spiro atoms. The van der Waals surface area contributed by atoms with Crippen LogP contribution in [0.5, 0.6) is 0 Å². The largest absolute Gasteiger partial charge is 0.478 e. The predicted molar refractivity (Wildman–Crippen MR) is 91.5 cm³/mol. The van der Waals surface area contributed by atoms with E-state index in [1.165, 1.54) is 31.0 Å². The highest BCUT2D eigenvalue weighted by Gasteiger charge is 2.42. The lowest BCUT2D eigenvalue weighted by atomic mass is 10.1. The Morgan fingerprint density at radius 2 is 1.95 bits per heavy atom. The first-order valence-corrected chi connectivity index (χ1v) is 11.6. The molecule has 1 aliphatic carbocycles. The van der Waals surface area contributed by atoms with Gasteiger partial charge in [-0.15, -0.1) is 0 Å². The molecular weight excluding hydrogens is 292 g/mol. The molecule has 112 valence electrons. The second-order valence-electron chi connectivity index (χ2n) is 6.87. The summed E-state index contributed by atoms with van der Waals surface area (Å²) in [4.78, 5) is 0. The molecule has 1 fully saturated rings. The van der Waals surface area contributed by atoms with Crippen LogP contribution in [-0.4, -0.2) is 31.7 Å². The van der Waals surface area contributed by atoms with Crippen molar-refractivity contribution in [3.63, 3.8) is 0 Å². The number of ether oxygens (including phenoxy) is 1. The van der Waals surface area contributed by atoms with Crippen LogP contribution < -0.4 is 0 Å². The van der Waals surface area contributed by atoms with Gasteiger partial charge in [-0.2, -0.15) is 0 Å². The lowest BCUT2D eigenvalue weighted by Gasteiger charge is -2.39. The smallest absolute Gasteiger partial charge is 0.219 e. The average molecular weight is 321 g/mol. The lowest BCUT2D eigenvalue weighted by Crippen LogP contribution is -2.45. The maximum absolute atomic E-state index is 6.55. The van der Waals surface area contributed by atoms with Crippen LogP contribution in [0.3, 0.4) is 0 Å². The Labute approximate surface area is 129 Å². The van der Waals surface area contributed by atoms with Crippen molar-refractivity contribution in [3.05, 3.63) is 0 Å². The number of thiocarbonyl (C=S) groups is 1. The zero-order chi connectivity index (χ0) is 14.7. The van der Waals surface area contributed by atoms with Crippen molar-refractivity contribution >= 4 is 36.7 Å². The van der Waals surface area contributed by atoms with E-state index in [1.807, 2.05) is 6.26 Å². The highest BCUT2D eigenvalue weighted by atomic mass is 32.2. The first-order chi connectivity index (χ1) is 8.67. The molecule has 0 heterocycles. The Morgan fingerprint density at radius 3 is 2.47 bits per heavy atom. The molecule has 0 saturated heterocycles. The maximum Gasteiger partial charge on any atom is 0.219 e. The lowest BCUT2D eigenvalue weighted by molar-refractivity contribution is 0.105. The van der Waals surface area contributed by atoms with E-state index >= 15 is 0 Å². The zero-order valence-electron chi connectivity index (χ0n) is 13.1. The number of hydrogen-bond donors (Lipinski definition) is 0. The molecule has 0 N–H and O–H groups in total. The normalized spacial score (nSPS) is 24.5. The highest BCUT2D eigenvalue weighted by Crippen LogP contribution is 2.40. The van der Waals surface area contributed by atoms with Gasteiger partial charge in [-0.3, -0.25) is 0 Å². The van der Waals surface area contributed by atoms with Crippen molar-refractivity contribution in [2.24, 2.45) is 5.92 Å². The van der Waals surface area contributed by atoms with Crippen molar-refractivity contribution in [2.75, 3.05) is 12.9 Å². The van der Waals surface area contributed by atoms with E-state index in [4.69, 9.17) is 21.4 Å². The van der Waals surface area contributed by atoms with E-state index in [0.29, 0.717) is 16.4 Å².